The van der Waals surface area contributed by atoms with Gasteiger partial charge in [-0.2, -0.15) is 0 Å². The second-order valence-corrected chi connectivity index (χ2v) is 6.05. The number of carbonyl (C=O) groups is 1. The lowest BCUT2D eigenvalue weighted by atomic mass is 9.91. The molecule has 0 aromatic heterocycles. The molecule has 0 saturated carbocycles. The average Bonchev–Trinajstić information content (AvgIpc) is 2.43. The number of hydrogen-bond donors (Lipinski definition) is 2. The summed E-state index contributed by atoms with van der Waals surface area (Å²) >= 11 is 0. The zero-order valence-corrected chi connectivity index (χ0v) is 13.4. The molecule has 0 saturated heterocycles. The van der Waals surface area contributed by atoms with Crippen molar-refractivity contribution in [2.45, 2.75) is 26.8 Å². The molecule has 4 heteroatoms. The first-order valence-electron chi connectivity index (χ1n) is 7.01. The summed E-state index contributed by atoms with van der Waals surface area (Å²) in [5.41, 5.74) is 2.00. The summed E-state index contributed by atoms with van der Waals surface area (Å²) in [5, 5.41) is 6.13. The van der Waals surface area contributed by atoms with Crippen molar-refractivity contribution in [2.24, 2.45) is 5.41 Å². The summed E-state index contributed by atoms with van der Waals surface area (Å²) in [7, 11) is 5.73. The van der Waals surface area contributed by atoms with Gasteiger partial charge in [0, 0.05) is 39.4 Å². The third-order valence-electron chi connectivity index (χ3n) is 3.60. The first kappa shape index (κ1) is 16.5. The Balaban J connectivity index is 2.63. The van der Waals surface area contributed by atoms with Gasteiger partial charge in [0.25, 0.3) is 0 Å². The minimum Gasteiger partial charge on any atom is -0.378 e. The molecular weight excluding hydrogens is 250 g/mol. The number of nitrogens with one attached hydrogen (secondary N) is 2. The maximum atomic E-state index is 11.7. The van der Waals surface area contributed by atoms with E-state index in [-0.39, 0.29) is 11.9 Å². The van der Waals surface area contributed by atoms with E-state index in [1.165, 1.54) is 11.3 Å². The van der Waals surface area contributed by atoms with E-state index in [1.54, 1.807) is 7.05 Å². The Morgan fingerprint density at radius 2 is 1.80 bits per heavy atom. The summed E-state index contributed by atoms with van der Waals surface area (Å²) in [6, 6.07) is 8.68. The van der Waals surface area contributed by atoms with E-state index in [1.807, 2.05) is 27.9 Å². The summed E-state index contributed by atoms with van der Waals surface area (Å²) in [6.45, 7) is 6.65. The quantitative estimate of drug-likeness (QED) is 0.837. The van der Waals surface area contributed by atoms with Gasteiger partial charge in [-0.15, -0.1) is 0 Å². The van der Waals surface area contributed by atoms with Crippen LogP contribution in [0.25, 0.3) is 0 Å². The van der Waals surface area contributed by atoms with Gasteiger partial charge in [-0.1, -0.05) is 12.1 Å². The Labute approximate surface area is 122 Å². The summed E-state index contributed by atoms with van der Waals surface area (Å²) in [4.78, 5) is 13.8. The van der Waals surface area contributed by atoms with Crippen LogP contribution in [-0.4, -0.2) is 33.6 Å². The van der Waals surface area contributed by atoms with Crippen LogP contribution in [-0.2, 0) is 4.79 Å². The maximum Gasteiger partial charge on any atom is 0.226 e. The van der Waals surface area contributed by atoms with Gasteiger partial charge >= 0.3 is 0 Å². The van der Waals surface area contributed by atoms with Gasteiger partial charge in [-0.05, 0) is 38.5 Å². The average molecular weight is 277 g/mol. The van der Waals surface area contributed by atoms with Crippen LogP contribution in [0.5, 0.6) is 0 Å². The molecule has 0 radical (unpaired) electrons. The van der Waals surface area contributed by atoms with Crippen LogP contribution in [0.15, 0.2) is 24.3 Å². The number of rotatable bonds is 6. The van der Waals surface area contributed by atoms with Gasteiger partial charge in [0.2, 0.25) is 5.91 Å². The van der Waals surface area contributed by atoms with Crippen molar-refractivity contribution in [3.63, 3.8) is 0 Å². The number of anilines is 1. The van der Waals surface area contributed by atoms with E-state index in [2.05, 4.69) is 46.7 Å². The van der Waals surface area contributed by atoms with Crippen molar-refractivity contribution >= 4 is 11.6 Å². The molecule has 1 rings (SSSR count). The molecule has 1 amide bonds. The van der Waals surface area contributed by atoms with Crippen LogP contribution < -0.4 is 15.5 Å². The van der Waals surface area contributed by atoms with E-state index in [0.29, 0.717) is 6.54 Å². The molecule has 2 N–H and O–H groups in total. The van der Waals surface area contributed by atoms with Crippen molar-refractivity contribution in [1.82, 2.24) is 10.6 Å². The third kappa shape index (κ3) is 4.23. The van der Waals surface area contributed by atoms with Crippen LogP contribution in [0.1, 0.15) is 32.4 Å². The summed E-state index contributed by atoms with van der Waals surface area (Å²) in [5.74, 6) is 0.0557. The Morgan fingerprint density at radius 1 is 1.25 bits per heavy atom. The highest BCUT2D eigenvalue weighted by atomic mass is 16.2. The van der Waals surface area contributed by atoms with Crippen molar-refractivity contribution in [2.75, 3.05) is 32.6 Å². The number of nitrogens with zero attached hydrogens (tertiary/aromatic N) is 1. The second-order valence-electron chi connectivity index (χ2n) is 6.05. The molecule has 1 aromatic rings. The molecule has 20 heavy (non-hydrogen) atoms. The van der Waals surface area contributed by atoms with Crippen molar-refractivity contribution in [1.29, 1.82) is 0 Å². The van der Waals surface area contributed by atoms with Crippen LogP contribution in [0.3, 0.4) is 0 Å². The Kier molecular flexibility index (Phi) is 5.57. The lowest BCUT2D eigenvalue weighted by molar-refractivity contribution is -0.128. The maximum absolute atomic E-state index is 11.7. The van der Waals surface area contributed by atoms with Gasteiger partial charge in [0.15, 0.2) is 0 Å². The zero-order chi connectivity index (χ0) is 15.3. The predicted molar refractivity (Wildman–Crippen MR) is 85.0 cm³/mol. The predicted octanol–water partition coefficient (Wildman–Crippen LogP) is 2.18. The van der Waals surface area contributed by atoms with Gasteiger partial charge < -0.3 is 15.5 Å². The summed E-state index contributed by atoms with van der Waals surface area (Å²) < 4.78 is 0. The van der Waals surface area contributed by atoms with Gasteiger partial charge in [-0.3, -0.25) is 4.79 Å². The summed E-state index contributed by atoms with van der Waals surface area (Å²) in [6.07, 6.45) is 0. The van der Waals surface area contributed by atoms with E-state index in [9.17, 15) is 4.79 Å². The first-order chi connectivity index (χ1) is 9.27. The molecule has 0 heterocycles. The fraction of sp³-hybridized carbons (Fsp3) is 0.562. The zero-order valence-electron chi connectivity index (χ0n) is 13.4. The van der Waals surface area contributed by atoms with E-state index in [4.69, 9.17) is 0 Å². The number of benzene rings is 1. The smallest absolute Gasteiger partial charge is 0.226 e. The SMILES string of the molecule is CNC(=O)C(C)(C)CNC(C)c1ccc(N(C)C)cc1. The van der Waals surface area contributed by atoms with Gasteiger partial charge in [0.1, 0.15) is 0 Å². The molecule has 0 bridgehead atoms. The monoisotopic (exact) mass is 277 g/mol. The first-order valence-corrected chi connectivity index (χ1v) is 7.01. The minimum absolute atomic E-state index is 0.0557. The highest BCUT2D eigenvalue weighted by Gasteiger charge is 2.26. The van der Waals surface area contributed by atoms with Crippen molar-refractivity contribution in [3.05, 3.63) is 29.8 Å². The molecule has 4 nitrogen and oxygen atoms in total. The number of hydrogen-bond acceptors (Lipinski definition) is 3. The second kappa shape index (κ2) is 6.75. The van der Waals surface area contributed by atoms with Crippen LogP contribution >= 0.6 is 0 Å². The largest absolute Gasteiger partial charge is 0.378 e. The lowest BCUT2D eigenvalue weighted by Crippen LogP contribution is -2.42. The molecule has 0 aliphatic carbocycles. The fourth-order valence-corrected chi connectivity index (χ4v) is 2.01. The van der Waals surface area contributed by atoms with Gasteiger partial charge in [0.05, 0.1) is 5.41 Å². The Morgan fingerprint density at radius 3 is 2.25 bits per heavy atom. The lowest BCUT2D eigenvalue weighted by Gasteiger charge is -2.25. The van der Waals surface area contributed by atoms with E-state index >= 15 is 0 Å². The number of amides is 1. The molecule has 1 aromatic carbocycles. The van der Waals surface area contributed by atoms with E-state index in [0.717, 1.165) is 0 Å². The van der Waals surface area contributed by atoms with Gasteiger partial charge in [-0.25, -0.2) is 0 Å². The molecule has 0 aliphatic rings. The van der Waals surface area contributed by atoms with E-state index < -0.39 is 5.41 Å². The topological polar surface area (TPSA) is 44.4 Å². The highest BCUT2D eigenvalue weighted by molar-refractivity contribution is 5.81. The minimum atomic E-state index is -0.410. The molecular formula is C16H27N3O. The molecule has 1 unspecified atom stereocenters. The van der Waals surface area contributed by atoms with Crippen LogP contribution in [0, 0.1) is 5.41 Å². The molecule has 1 atom stereocenters. The standard InChI is InChI=1S/C16H27N3O/c1-12(18-11-16(2,3)15(20)17-4)13-7-9-14(10-8-13)19(5)6/h7-10,12,18H,11H2,1-6H3,(H,17,20). The third-order valence-corrected chi connectivity index (χ3v) is 3.60. The highest BCUT2D eigenvalue weighted by Crippen LogP contribution is 2.20. The van der Waals surface area contributed by atoms with Crippen LogP contribution in [0.4, 0.5) is 5.69 Å². The molecule has 0 aliphatic heterocycles. The fourth-order valence-electron chi connectivity index (χ4n) is 2.01. The van der Waals surface area contributed by atoms with Crippen molar-refractivity contribution in [3.8, 4) is 0 Å². The normalized spacial score (nSPS) is 12.9. The van der Waals surface area contributed by atoms with Crippen molar-refractivity contribution < 1.29 is 4.79 Å². The number of carbonyl (C=O) groups excluding carboxylic acids is 1. The Bertz CT molecular complexity index is 438. The molecule has 0 spiro atoms. The molecule has 0 fully saturated rings. The molecule has 112 valence electrons. The Hall–Kier alpha value is -1.55. The van der Waals surface area contributed by atoms with Crippen LogP contribution in [0.2, 0.25) is 0 Å².